The number of aliphatic hydroxyl groups excluding tert-OH is 1. The van der Waals surface area contributed by atoms with Gasteiger partial charge in [-0.1, -0.05) is 13.8 Å². The minimum Gasteiger partial charge on any atom is -0.392 e. The summed E-state index contributed by atoms with van der Waals surface area (Å²) in [4.78, 5) is 11.9. The second kappa shape index (κ2) is 6.53. The van der Waals surface area contributed by atoms with E-state index in [4.69, 9.17) is 0 Å². The van der Waals surface area contributed by atoms with Crippen molar-refractivity contribution in [2.45, 2.75) is 64.6 Å². The molecular weight excluding hydrogens is 230 g/mol. The zero-order chi connectivity index (χ0) is 13.8. The molecule has 3 unspecified atom stereocenters. The van der Waals surface area contributed by atoms with E-state index in [1.54, 1.807) is 6.92 Å². The lowest BCUT2D eigenvalue weighted by Gasteiger charge is -2.25. The molecule has 0 aromatic rings. The molecule has 1 rings (SSSR count). The van der Waals surface area contributed by atoms with Gasteiger partial charge in [0.15, 0.2) is 0 Å². The molecule has 1 aliphatic carbocycles. The molecule has 0 saturated heterocycles. The van der Waals surface area contributed by atoms with E-state index in [-0.39, 0.29) is 18.4 Å². The second-order valence-corrected chi connectivity index (χ2v) is 6.25. The molecule has 0 aromatic heterocycles. The highest BCUT2D eigenvalue weighted by Crippen LogP contribution is 2.25. The van der Waals surface area contributed by atoms with Crippen LogP contribution in [0.3, 0.4) is 0 Å². The van der Waals surface area contributed by atoms with Crippen LogP contribution < -0.4 is 5.32 Å². The van der Waals surface area contributed by atoms with E-state index in [9.17, 15) is 15.0 Å². The molecule has 3 N–H and O–H groups in total. The van der Waals surface area contributed by atoms with Gasteiger partial charge < -0.3 is 15.5 Å². The largest absolute Gasteiger partial charge is 0.392 e. The average molecular weight is 257 g/mol. The van der Waals surface area contributed by atoms with Crippen LogP contribution in [0.1, 0.15) is 52.9 Å². The van der Waals surface area contributed by atoms with Crippen LogP contribution in [0.15, 0.2) is 0 Å². The molecule has 106 valence electrons. The minimum absolute atomic E-state index is 0.121. The molecule has 4 nitrogen and oxygen atoms in total. The lowest BCUT2D eigenvalue weighted by Crippen LogP contribution is -2.44. The third kappa shape index (κ3) is 4.94. The predicted octanol–water partition coefficient (Wildman–Crippen LogP) is 1.45. The van der Waals surface area contributed by atoms with E-state index >= 15 is 0 Å². The number of carbonyl (C=O) groups is 1. The van der Waals surface area contributed by atoms with Gasteiger partial charge in [0.25, 0.3) is 0 Å². The van der Waals surface area contributed by atoms with Crippen LogP contribution >= 0.6 is 0 Å². The number of carbonyl (C=O) groups excluding carboxylic acids is 1. The SMILES string of the molecule is CC(C)CCC(C)(O)CNC(=O)C1CCCC1O. The van der Waals surface area contributed by atoms with Crippen molar-refractivity contribution in [2.24, 2.45) is 11.8 Å². The Hall–Kier alpha value is -0.610. The number of rotatable bonds is 6. The van der Waals surface area contributed by atoms with Gasteiger partial charge in [0.1, 0.15) is 0 Å². The monoisotopic (exact) mass is 257 g/mol. The van der Waals surface area contributed by atoms with Gasteiger partial charge in [0.05, 0.1) is 17.6 Å². The summed E-state index contributed by atoms with van der Waals surface area (Å²) in [6, 6.07) is 0. The number of hydrogen-bond donors (Lipinski definition) is 3. The van der Waals surface area contributed by atoms with Gasteiger partial charge in [0.2, 0.25) is 5.91 Å². The molecule has 18 heavy (non-hydrogen) atoms. The predicted molar refractivity (Wildman–Crippen MR) is 71.1 cm³/mol. The Kier molecular flexibility index (Phi) is 5.60. The summed E-state index contributed by atoms with van der Waals surface area (Å²) in [5.41, 5.74) is -0.858. The molecule has 0 bridgehead atoms. The smallest absolute Gasteiger partial charge is 0.225 e. The van der Waals surface area contributed by atoms with Crippen LogP contribution in [0.2, 0.25) is 0 Å². The van der Waals surface area contributed by atoms with Crippen molar-refractivity contribution in [1.82, 2.24) is 5.32 Å². The lowest BCUT2D eigenvalue weighted by molar-refractivity contribution is -0.128. The third-order valence-corrected chi connectivity index (χ3v) is 3.72. The van der Waals surface area contributed by atoms with Crippen LogP contribution in [-0.2, 0) is 4.79 Å². The van der Waals surface area contributed by atoms with Crippen molar-refractivity contribution < 1.29 is 15.0 Å². The first kappa shape index (κ1) is 15.4. The fourth-order valence-electron chi connectivity index (χ4n) is 2.34. The summed E-state index contributed by atoms with van der Waals surface area (Å²) < 4.78 is 0. The number of amides is 1. The van der Waals surface area contributed by atoms with Gasteiger partial charge in [-0.25, -0.2) is 0 Å². The Morgan fingerprint density at radius 3 is 2.61 bits per heavy atom. The zero-order valence-corrected chi connectivity index (χ0v) is 11.8. The highest BCUT2D eigenvalue weighted by Gasteiger charge is 2.32. The molecule has 0 aliphatic heterocycles. The fraction of sp³-hybridized carbons (Fsp3) is 0.929. The first-order chi connectivity index (χ1) is 8.32. The molecule has 0 aromatic carbocycles. The van der Waals surface area contributed by atoms with Gasteiger partial charge in [-0.05, 0) is 44.9 Å². The fourth-order valence-corrected chi connectivity index (χ4v) is 2.34. The third-order valence-electron chi connectivity index (χ3n) is 3.72. The van der Waals surface area contributed by atoms with Crippen molar-refractivity contribution in [2.75, 3.05) is 6.54 Å². The Morgan fingerprint density at radius 2 is 2.11 bits per heavy atom. The maximum Gasteiger partial charge on any atom is 0.225 e. The highest BCUT2D eigenvalue weighted by atomic mass is 16.3. The summed E-state index contributed by atoms with van der Waals surface area (Å²) >= 11 is 0. The number of aliphatic hydroxyl groups is 2. The normalized spacial score (nSPS) is 27.2. The molecule has 4 heteroatoms. The van der Waals surface area contributed by atoms with E-state index < -0.39 is 11.7 Å². The second-order valence-electron chi connectivity index (χ2n) is 6.25. The van der Waals surface area contributed by atoms with E-state index in [2.05, 4.69) is 19.2 Å². The van der Waals surface area contributed by atoms with E-state index in [1.807, 2.05) is 0 Å². The summed E-state index contributed by atoms with van der Waals surface area (Å²) in [5.74, 6) is 0.138. The van der Waals surface area contributed by atoms with Crippen LogP contribution in [0, 0.1) is 11.8 Å². The van der Waals surface area contributed by atoms with Crippen molar-refractivity contribution in [3.05, 3.63) is 0 Å². The number of hydrogen-bond acceptors (Lipinski definition) is 3. The van der Waals surface area contributed by atoms with Crippen molar-refractivity contribution in [3.63, 3.8) is 0 Å². The van der Waals surface area contributed by atoms with Crippen molar-refractivity contribution in [1.29, 1.82) is 0 Å². The van der Waals surface area contributed by atoms with Crippen LogP contribution in [0.5, 0.6) is 0 Å². The summed E-state index contributed by atoms with van der Waals surface area (Å²) in [6.07, 6.45) is 3.48. The molecular formula is C14H27NO3. The molecule has 1 aliphatic rings. The maximum atomic E-state index is 11.9. The summed E-state index contributed by atoms with van der Waals surface area (Å²) in [7, 11) is 0. The Bertz CT molecular complexity index is 276. The molecule has 0 heterocycles. The van der Waals surface area contributed by atoms with Gasteiger partial charge in [-0.15, -0.1) is 0 Å². The van der Waals surface area contributed by atoms with Crippen molar-refractivity contribution >= 4 is 5.91 Å². The van der Waals surface area contributed by atoms with Crippen LogP contribution in [-0.4, -0.2) is 34.4 Å². The Labute approximate surface area is 110 Å². The van der Waals surface area contributed by atoms with Gasteiger partial charge in [-0.3, -0.25) is 4.79 Å². The standard InChI is InChI=1S/C14H27NO3/c1-10(2)7-8-14(3,18)9-15-13(17)11-5-4-6-12(11)16/h10-12,16,18H,4-9H2,1-3H3,(H,15,17). The molecule has 1 amide bonds. The molecule has 1 fully saturated rings. The Balaban J connectivity index is 2.32. The van der Waals surface area contributed by atoms with E-state index in [0.717, 1.165) is 19.3 Å². The van der Waals surface area contributed by atoms with Crippen LogP contribution in [0.25, 0.3) is 0 Å². The molecule has 1 saturated carbocycles. The van der Waals surface area contributed by atoms with E-state index in [0.29, 0.717) is 18.8 Å². The van der Waals surface area contributed by atoms with Crippen molar-refractivity contribution in [3.8, 4) is 0 Å². The first-order valence-electron chi connectivity index (χ1n) is 7.00. The quantitative estimate of drug-likeness (QED) is 0.674. The molecule has 0 spiro atoms. The summed E-state index contributed by atoms with van der Waals surface area (Å²) in [5, 5.41) is 22.6. The lowest BCUT2D eigenvalue weighted by atomic mass is 9.95. The Morgan fingerprint density at radius 1 is 1.44 bits per heavy atom. The average Bonchev–Trinajstić information content (AvgIpc) is 2.70. The van der Waals surface area contributed by atoms with Crippen LogP contribution in [0.4, 0.5) is 0 Å². The van der Waals surface area contributed by atoms with E-state index in [1.165, 1.54) is 0 Å². The molecule has 3 atom stereocenters. The molecule has 0 radical (unpaired) electrons. The minimum atomic E-state index is -0.858. The maximum absolute atomic E-state index is 11.9. The van der Waals surface area contributed by atoms with Gasteiger partial charge in [-0.2, -0.15) is 0 Å². The first-order valence-corrected chi connectivity index (χ1v) is 7.00. The number of nitrogens with one attached hydrogen (secondary N) is 1. The zero-order valence-electron chi connectivity index (χ0n) is 11.8. The van der Waals surface area contributed by atoms with Gasteiger partial charge in [0, 0.05) is 6.54 Å². The summed E-state index contributed by atoms with van der Waals surface area (Å²) in [6.45, 7) is 6.25. The topological polar surface area (TPSA) is 69.6 Å². The van der Waals surface area contributed by atoms with Gasteiger partial charge >= 0.3 is 0 Å². The highest BCUT2D eigenvalue weighted by molar-refractivity contribution is 5.79.